The summed E-state index contributed by atoms with van der Waals surface area (Å²) in [4.78, 5) is 0. The minimum absolute atomic E-state index is 0. The SMILES string of the molecule is [Na].[Na].c1ccc2ccccc2c1. The van der Waals surface area contributed by atoms with Crippen molar-refractivity contribution in [2.75, 3.05) is 0 Å². The second kappa shape index (κ2) is 6.20. The van der Waals surface area contributed by atoms with Crippen molar-refractivity contribution in [2.24, 2.45) is 0 Å². The van der Waals surface area contributed by atoms with E-state index in [0.717, 1.165) is 0 Å². The maximum Gasteiger partial charge on any atom is 0 e. The van der Waals surface area contributed by atoms with Crippen LogP contribution in [0.4, 0.5) is 0 Å². The van der Waals surface area contributed by atoms with E-state index in [9.17, 15) is 0 Å². The molecular formula is C10H8Na2. The Hall–Kier alpha value is 0.700. The largest absolute Gasteiger partial charge is 0.0616 e. The van der Waals surface area contributed by atoms with Gasteiger partial charge in [-0.05, 0) is 10.8 Å². The molecule has 0 saturated heterocycles. The fourth-order valence-electron chi connectivity index (χ4n) is 1.13. The van der Waals surface area contributed by atoms with Gasteiger partial charge in [-0.3, -0.25) is 0 Å². The van der Waals surface area contributed by atoms with Gasteiger partial charge in [0, 0.05) is 59.1 Å². The van der Waals surface area contributed by atoms with Gasteiger partial charge in [0.25, 0.3) is 0 Å². The number of hydrogen-bond acceptors (Lipinski definition) is 0. The van der Waals surface area contributed by atoms with Gasteiger partial charge in [-0.2, -0.15) is 0 Å². The average molecular weight is 174 g/mol. The minimum Gasteiger partial charge on any atom is -0.0616 e. The van der Waals surface area contributed by atoms with Gasteiger partial charge >= 0.3 is 0 Å². The van der Waals surface area contributed by atoms with Crippen molar-refractivity contribution in [1.82, 2.24) is 0 Å². The average Bonchev–Trinajstić information content (AvgIpc) is 2.05. The first kappa shape index (κ1) is 12.7. The van der Waals surface area contributed by atoms with Gasteiger partial charge in [0.05, 0.1) is 0 Å². The first-order valence-electron chi connectivity index (χ1n) is 3.40. The van der Waals surface area contributed by atoms with Crippen LogP contribution in [0.25, 0.3) is 10.8 Å². The predicted molar refractivity (Wildman–Crippen MR) is 55.5 cm³/mol. The Morgan fingerprint density at radius 3 is 1.00 bits per heavy atom. The summed E-state index contributed by atoms with van der Waals surface area (Å²) in [6, 6.07) is 16.7. The van der Waals surface area contributed by atoms with Crippen molar-refractivity contribution in [3.63, 3.8) is 0 Å². The normalized spacial score (nSPS) is 8.33. The van der Waals surface area contributed by atoms with Gasteiger partial charge in [-0.25, -0.2) is 0 Å². The molecule has 0 aromatic heterocycles. The Balaban J connectivity index is 0.000000605. The number of rotatable bonds is 0. The summed E-state index contributed by atoms with van der Waals surface area (Å²) < 4.78 is 0. The van der Waals surface area contributed by atoms with Gasteiger partial charge in [0.1, 0.15) is 0 Å². The third-order valence-electron chi connectivity index (χ3n) is 1.66. The summed E-state index contributed by atoms with van der Waals surface area (Å²) in [7, 11) is 0. The molecule has 2 aromatic carbocycles. The van der Waals surface area contributed by atoms with Crippen LogP contribution in [0.15, 0.2) is 48.5 Å². The molecule has 0 aliphatic carbocycles. The zero-order valence-electron chi connectivity index (χ0n) is 7.62. The van der Waals surface area contributed by atoms with Crippen molar-refractivity contribution in [2.45, 2.75) is 0 Å². The van der Waals surface area contributed by atoms with Crippen LogP contribution >= 0.6 is 0 Å². The second-order valence-corrected chi connectivity index (χ2v) is 2.35. The van der Waals surface area contributed by atoms with Crippen molar-refractivity contribution < 1.29 is 0 Å². The molecule has 2 rings (SSSR count). The van der Waals surface area contributed by atoms with Gasteiger partial charge in [-0.15, -0.1) is 0 Å². The van der Waals surface area contributed by atoms with E-state index >= 15 is 0 Å². The molecule has 2 radical (unpaired) electrons. The van der Waals surface area contributed by atoms with E-state index in [4.69, 9.17) is 0 Å². The summed E-state index contributed by atoms with van der Waals surface area (Å²) in [5, 5.41) is 2.62. The Kier molecular flexibility index (Phi) is 6.56. The first-order chi connectivity index (χ1) is 4.97. The van der Waals surface area contributed by atoms with Crippen LogP contribution in [0.1, 0.15) is 0 Å². The number of fused-ring (bicyclic) bond motifs is 1. The maximum absolute atomic E-state index is 2.12. The van der Waals surface area contributed by atoms with E-state index < -0.39 is 0 Å². The van der Waals surface area contributed by atoms with E-state index in [1.54, 1.807) is 0 Å². The van der Waals surface area contributed by atoms with Crippen LogP contribution in [0, 0.1) is 0 Å². The van der Waals surface area contributed by atoms with E-state index in [2.05, 4.69) is 48.5 Å². The molecular weight excluding hydrogens is 166 g/mol. The number of hydrogen-bond donors (Lipinski definition) is 0. The second-order valence-electron chi connectivity index (χ2n) is 2.35. The van der Waals surface area contributed by atoms with Crippen molar-refractivity contribution in [3.05, 3.63) is 48.5 Å². The van der Waals surface area contributed by atoms with Crippen LogP contribution in [0.3, 0.4) is 0 Å². The Morgan fingerprint density at radius 2 is 0.750 bits per heavy atom. The smallest absolute Gasteiger partial charge is 0 e. The summed E-state index contributed by atoms with van der Waals surface area (Å²) in [5.41, 5.74) is 0. The molecule has 0 heterocycles. The molecule has 0 bridgehead atoms. The van der Waals surface area contributed by atoms with Gasteiger partial charge in [-0.1, -0.05) is 48.5 Å². The molecule has 0 unspecified atom stereocenters. The third-order valence-corrected chi connectivity index (χ3v) is 1.66. The third kappa shape index (κ3) is 2.88. The number of benzene rings is 2. The maximum atomic E-state index is 2.12. The zero-order chi connectivity index (χ0) is 6.81. The van der Waals surface area contributed by atoms with E-state index in [1.165, 1.54) is 10.8 Å². The molecule has 0 N–H and O–H groups in total. The summed E-state index contributed by atoms with van der Waals surface area (Å²) >= 11 is 0. The van der Waals surface area contributed by atoms with Crippen molar-refractivity contribution in [3.8, 4) is 0 Å². The molecule has 2 aromatic rings. The molecule has 0 aliphatic rings. The molecule has 0 spiro atoms. The van der Waals surface area contributed by atoms with E-state index in [1.807, 2.05) is 0 Å². The molecule has 0 fully saturated rings. The van der Waals surface area contributed by atoms with Crippen LogP contribution in [0.5, 0.6) is 0 Å². The standard InChI is InChI=1S/C10H8.2Na/c1-2-6-10-8-4-3-7-9(10)5-1;;/h1-8H;;. The van der Waals surface area contributed by atoms with Crippen LogP contribution in [-0.4, -0.2) is 59.1 Å². The predicted octanol–water partition coefficient (Wildman–Crippen LogP) is 2.08. The van der Waals surface area contributed by atoms with Crippen molar-refractivity contribution in [1.29, 1.82) is 0 Å². The zero-order valence-corrected chi connectivity index (χ0v) is 11.6. The van der Waals surface area contributed by atoms with Crippen LogP contribution in [-0.2, 0) is 0 Å². The fourth-order valence-corrected chi connectivity index (χ4v) is 1.13. The quantitative estimate of drug-likeness (QED) is 0.536. The molecule has 0 saturated carbocycles. The summed E-state index contributed by atoms with van der Waals surface area (Å²) in [6.07, 6.45) is 0. The Morgan fingerprint density at radius 1 is 0.500 bits per heavy atom. The Labute approximate surface area is 117 Å². The topological polar surface area (TPSA) is 0 Å². The fraction of sp³-hybridized carbons (Fsp3) is 0. The molecule has 0 aliphatic heterocycles. The molecule has 12 heavy (non-hydrogen) atoms. The summed E-state index contributed by atoms with van der Waals surface area (Å²) in [5.74, 6) is 0. The first-order valence-corrected chi connectivity index (χ1v) is 3.40. The molecule has 0 nitrogen and oxygen atoms in total. The van der Waals surface area contributed by atoms with Gasteiger partial charge < -0.3 is 0 Å². The molecule has 2 heteroatoms. The van der Waals surface area contributed by atoms with Crippen molar-refractivity contribution >= 4 is 69.9 Å². The molecule has 0 amide bonds. The van der Waals surface area contributed by atoms with E-state index in [-0.39, 0.29) is 59.1 Å². The van der Waals surface area contributed by atoms with Gasteiger partial charge in [0.15, 0.2) is 0 Å². The summed E-state index contributed by atoms with van der Waals surface area (Å²) in [6.45, 7) is 0. The Bertz CT molecular complexity index is 279. The van der Waals surface area contributed by atoms with Gasteiger partial charge in [0.2, 0.25) is 0 Å². The van der Waals surface area contributed by atoms with Crippen LogP contribution in [0.2, 0.25) is 0 Å². The minimum atomic E-state index is 0. The molecule has 50 valence electrons. The monoisotopic (exact) mass is 174 g/mol. The van der Waals surface area contributed by atoms with Crippen LogP contribution < -0.4 is 0 Å². The van der Waals surface area contributed by atoms with E-state index in [0.29, 0.717) is 0 Å². The molecule has 0 atom stereocenters.